The molecule has 0 bridgehead atoms. The van der Waals surface area contributed by atoms with Crippen molar-refractivity contribution in [3.8, 4) is 11.4 Å². The van der Waals surface area contributed by atoms with E-state index in [2.05, 4.69) is 5.10 Å². The maximum absolute atomic E-state index is 13.7. The Morgan fingerprint density at radius 1 is 1.23 bits per heavy atom. The fourth-order valence-corrected chi connectivity index (χ4v) is 4.68. The monoisotopic (exact) mass is 434 g/mol. The highest BCUT2D eigenvalue weighted by atomic mass is 32.1. The number of rotatable bonds is 6. The van der Waals surface area contributed by atoms with Crippen molar-refractivity contribution in [2.75, 3.05) is 25.2 Å². The number of anilines is 1. The third kappa shape index (κ3) is 3.92. The molecular weight excluding hydrogens is 412 g/mol. The highest BCUT2D eigenvalue weighted by Gasteiger charge is 2.30. The van der Waals surface area contributed by atoms with Crippen molar-refractivity contribution in [1.29, 1.82) is 0 Å². The van der Waals surface area contributed by atoms with E-state index in [-0.39, 0.29) is 17.7 Å². The number of thiazole rings is 1. The summed E-state index contributed by atoms with van der Waals surface area (Å²) in [5, 5.41) is 5.20. The summed E-state index contributed by atoms with van der Waals surface area (Å²) in [6.07, 6.45) is 3.63. The van der Waals surface area contributed by atoms with Crippen molar-refractivity contribution >= 4 is 32.6 Å². The zero-order valence-corrected chi connectivity index (χ0v) is 17.9. The fraction of sp³-hybridized carbons (Fsp3) is 0.261. The predicted octanol–water partition coefficient (Wildman–Crippen LogP) is 4.32. The van der Waals surface area contributed by atoms with Gasteiger partial charge < -0.3 is 9.47 Å². The minimum atomic E-state index is -0.249. The first-order chi connectivity index (χ1) is 15.2. The van der Waals surface area contributed by atoms with Gasteiger partial charge in [-0.3, -0.25) is 9.69 Å². The Bertz CT molecular complexity index is 1160. The zero-order valence-electron chi connectivity index (χ0n) is 17.1. The molecule has 0 radical (unpaired) electrons. The maximum atomic E-state index is 13.7. The summed E-state index contributed by atoms with van der Waals surface area (Å²) < 4.78 is 14.0. The second kappa shape index (κ2) is 8.49. The first kappa shape index (κ1) is 19.7. The molecule has 0 N–H and O–H groups in total. The van der Waals surface area contributed by atoms with Gasteiger partial charge in [-0.15, -0.1) is 0 Å². The number of para-hydroxylation sites is 2. The Morgan fingerprint density at radius 3 is 2.77 bits per heavy atom. The molecule has 1 aliphatic heterocycles. The molecule has 0 spiro atoms. The van der Waals surface area contributed by atoms with E-state index in [1.807, 2.05) is 54.6 Å². The third-order valence-electron chi connectivity index (χ3n) is 5.29. The largest absolute Gasteiger partial charge is 0.493 e. The molecule has 2 aromatic heterocycles. The number of aromatic nitrogens is 3. The molecule has 7 nitrogen and oxygen atoms in total. The van der Waals surface area contributed by atoms with Crippen LogP contribution in [0.4, 0.5) is 5.13 Å². The fourth-order valence-electron chi connectivity index (χ4n) is 3.71. The van der Waals surface area contributed by atoms with E-state index in [1.165, 1.54) is 11.3 Å². The second-order valence-corrected chi connectivity index (χ2v) is 8.35. The summed E-state index contributed by atoms with van der Waals surface area (Å²) in [5.74, 6) is 0.174. The lowest BCUT2D eigenvalue weighted by molar-refractivity contribution is 0.0910. The molecule has 0 unspecified atom stereocenters. The molecule has 0 saturated carbocycles. The molecule has 158 valence electrons. The number of nitrogens with zero attached hydrogens (tertiary/aromatic N) is 4. The van der Waals surface area contributed by atoms with Crippen molar-refractivity contribution in [1.82, 2.24) is 14.8 Å². The molecule has 2 aromatic carbocycles. The lowest BCUT2D eigenvalue weighted by Crippen LogP contribution is -2.38. The quantitative estimate of drug-likeness (QED) is 0.452. The van der Waals surface area contributed by atoms with Gasteiger partial charge in [-0.1, -0.05) is 41.7 Å². The van der Waals surface area contributed by atoms with E-state index < -0.39 is 0 Å². The van der Waals surface area contributed by atoms with Gasteiger partial charge in [0.2, 0.25) is 0 Å². The lowest BCUT2D eigenvalue weighted by Gasteiger charge is -2.22. The molecule has 3 heterocycles. The summed E-state index contributed by atoms with van der Waals surface area (Å²) in [5.41, 5.74) is 1.98. The van der Waals surface area contributed by atoms with Gasteiger partial charge in [-0.05, 0) is 37.1 Å². The molecule has 0 aliphatic carbocycles. The van der Waals surface area contributed by atoms with E-state index in [4.69, 9.17) is 14.5 Å². The number of ether oxygens (including phenoxy) is 2. The first-order valence-electron chi connectivity index (χ1n) is 10.2. The Kier molecular flexibility index (Phi) is 5.40. The molecule has 4 aromatic rings. The van der Waals surface area contributed by atoms with Crippen molar-refractivity contribution in [2.45, 2.75) is 18.9 Å². The number of carbonyl (C=O) groups excluding carboxylic acids is 1. The third-order valence-corrected chi connectivity index (χ3v) is 6.35. The van der Waals surface area contributed by atoms with Gasteiger partial charge in [0.15, 0.2) is 16.6 Å². The van der Waals surface area contributed by atoms with Crippen LogP contribution >= 0.6 is 11.3 Å². The average Bonchev–Trinajstić information content (AvgIpc) is 3.56. The summed E-state index contributed by atoms with van der Waals surface area (Å²) in [6.45, 7) is 1.15. The van der Waals surface area contributed by atoms with Crippen molar-refractivity contribution in [3.63, 3.8) is 0 Å². The topological polar surface area (TPSA) is 69.5 Å². The minimum Gasteiger partial charge on any atom is -0.493 e. The zero-order chi connectivity index (χ0) is 21.2. The van der Waals surface area contributed by atoms with Gasteiger partial charge in [0.05, 0.1) is 41.9 Å². The minimum absolute atomic E-state index is 0.0156. The predicted molar refractivity (Wildman–Crippen MR) is 120 cm³/mol. The number of benzene rings is 2. The van der Waals surface area contributed by atoms with Crippen LogP contribution in [0.1, 0.15) is 23.3 Å². The number of hydrogen-bond acceptors (Lipinski definition) is 6. The number of methoxy groups -OCH3 is 1. The van der Waals surface area contributed by atoms with Gasteiger partial charge in [-0.25, -0.2) is 9.67 Å². The number of carbonyl (C=O) groups is 1. The van der Waals surface area contributed by atoms with Crippen molar-refractivity contribution < 1.29 is 14.3 Å². The van der Waals surface area contributed by atoms with Crippen LogP contribution in [0.2, 0.25) is 0 Å². The summed E-state index contributed by atoms with van der Waals surface area (Å²) >= 11 is 1.49. The van der Waals surface area contributed by atoms with Crippen LogP contribution in [0, 0.1) is 0 Å². The van der Waals surface area contributed by atoms with Gasteiger partial charge in [0.25, 0.3) is 5.91 Å². The molecule has 1 amide bonds. The standard InChI is InChI=1S/C23H22N4O3S/c1-29-19-15-27(16-8-3-2-4-9-16)25-21(19)22(28)26(14-17-10-7-13-30-17)23-24-18-11-5-6-12-20(18)31-23/h2-6,8-9,11-12,15,17H,7,10,13-14H2,1H3/t17-/m0/s1. The smallest absolute Gasteiger partial charge is 0.284 e. The molecule has 5 rings (SSSR count). The van der Waals surface area contributed by atoms with Crippen LogP contribution < -0.4 is 9.64 Å². The summed E-state index contributed by atoms with van der Waals surface area (Å²) in [4.78, 5) is 20.1. The molecular formula is C23H22N4O3S. The lowest BCUT2D eigenvalue weighted by atomic mass is 10.2. The van der Waals surface area contributed by atoms with E-state index in [0.29, 0.717) is 17.4 Å². The molecule has 1 aliphatic rings. The van der Waals surface area contributed by atoms with Gasteiger partial charge >= 0.3 is 0 Å². The van der Waals surface area contributed by atoms with E-state index >= 15 is 0 Å². The Hall–Kier alpha value is -3.23. The highest BCUT2D eigenvalue weighted by molar-refractivity contribution is 7.22. The van der Waals surface area contributed by atoms with Crippen LogP contribution in [-0.4, -0.2) is 47.0 Å². The Morgan fingerprint density at radius 2 is 2.03 bits per heavy atom. The van der Waals surface area contributed by atoms with Crippen molar-refractivity contribution in [2.24, 2.45) is 0 Å². The highest BCUT2D eigenvalue weighted by Crippen LogP contribution is 2.32. The Labute approximate surface area is 183 Å². The van der Waals surface area contributed by atoms with Gasteiger partial charge in [0, 0.05) is 6.61 Å². The number of hydrogen-bond donors (Lipinski definition) is 0. The second-order valence-electron chi connectivity index (χ2n) is 7.34. The van der Waals surface area contributed by atoms with Crippen molar-refractivity contribution in [3.05, 3.63) is 66.5 Å². The van der Waals surface area contributed by atoms with Crippen LogP contribution in [-0.2, 0) is 4.74 Å². The number of fused-ring (bicyclic) bond motifs is 1. The Balaban J connectivity index is 1.54. The summed E-state index contributed by atoms with van der Waals surface area (Å²) in [7, 11) is 1.55. The molecule has 31 heavy (non-hydrogen) atoms. The van der Waals surface area contributed by atoms with E-state index in [1.54, 1.807) is 22.9 Å². The van der Waals surface area contributed by atoms with Gasteiger partial charge in [0.1, 0.15) is 0 Å². The molecule has 8 heteroatoms. The average molecular weight is 435 g/mol. The van der Waals surface area contributed by atoms with Crippen LogP contribution in [0.5, 0.6) is 5.75 Å². The van der Waals surface area contributed by atoms with Crippen LogP contribution in [0.25, 0.3) is 15.9 Å². The SMILES string of the molecule is COc1cn(-c2ccccc2)nc1C(=O)N(C[C@@H]1CCCO1)c1nc2ccccc2s1. The summed E-state index contributed by atoms with van der Waals surface area (Å²) in [6, 6.07) is 17.5. The van der Waals surface area contributed by atoms with E-state index in [9.17, 15) is 4.79 Å². The molecule has 1 atom stereocenters. The molecule has 1 saturated heterocycles. The normalized spacial score (nSPS) is 16.0. The maximum Gasteiger partial charge on any atom is 0.284 e. The van der Waals surface area contributed by atoms with Crippen LogP contribution in [0.3, 0.4) is 0 Å². The number of amides is 1. The first-order valence-corrected chi connectivity index (χ1v) is 11.0. The molecule has 1 fully saturated rings. The van der Waals surface area contributed by atoms with Gasteiger partial charge in [-0.2, -0.15) is 5.10 Å². The van der Waals surface area contributed by atoms with Crippen LogP contribution in [0.15, 0.2) is 60.8 Å². The van der Waals surface area contributed by atoms with E-state index in [0.717, 1.165) is 35.4 Å².